The predicted octanol–water partition coefficient (Wildman–Crippen LogP) is 3.84. The Kier molecular flexibility index (Phi) is 5.39. The van der Waals surface area contributed by atoms with Gasteiger partial charge in [0.05, 0.1) is 17.1 Å². The summed E-state index contributed by atoms with van der Waals surface area (Å²) < 4.78 is 29.2. The Morgan fingerprint density at radius 1 is 0.889 bits per heavy atom. The van der Waals surface area contributed by atoms with E-state index in [0.29, 0.717) is 16.7 Å². The number of rotatable bonds is 5. The number of hydrogen-bond donors (Lipinski definition) is 1. The molecular formula is C21H19NO4S. The van der Waals surface area contributed by atoms with Crippen LogP contribution in [0.1, 0.15) is 17.3 Å². The van der Waals surface area contributed by atoms with E-state index in [0.717, 1.165) is 11.1 Å². The SMILES string of the molecule is CCOC(=O)c1ccc(-c2ccccc2)c(-c2ccccc2S(N)(=O)=O)c1. The van der Waals surface area contributed by atoms with E-state index in [2.05, 4.69) is 0 Å². The van der Waals surface area contributed by atoms with E-state index >= 15 is 0 Å². The molecular weight excluding hydrogens is 362 g/mol. The van der Waals surface area contributed by atoms with Crippen LogP contribution in [-0.2, 0) is 14.8 Å². The summed E-state index contributed by atoms with van der Waals surface area (Å²) in [4.78, 5) is 12.2. The minimum atomic E-state index is -3.94. The van der Waals surface area contributed by atoms with Crippen molar-refractivity contribution in [1.29, 1.82) is 0 Å². The highest BCUT2D eigenvalue weighted by atomic mass is 32.2. The second kappa shape index (κ2) is 7.73. The minimum absolute atomic E-state index is 0.00295. The number of ether oxygens (including phenoxy) is 1. The van der Waals surface area contributed by atoms with Gasteiger partial charge >= 0.3 is 5.97 Å². The molecule has 0 aliphatic heterocycles. The average Bonchev–Trinajstić information content (AvgIpc) is 2.68. The van der Waals surface area contributed by atoms with Gasteiger partial charge in [-0.15, -0.1) is 0 Å². The Labute approximate surface area is 158 Å². The molecule has 3 aromatic rings. The van der Waals surface area contributed by atoms with Crippen LogP contribution in [0.3, 0.4) is 0 Å². The lowest BCUT2D eigenvalue weighted by Crippen LogP contribution is -2.13. The van der Waals surface area contributed by atoms with E-state index in [9.17, 15) is 13.2 Å². The number of sulfonamides is 1. The van der Waals surface area contributed by atoms with E-state index < -0.39 is 16.0 Å². The molecule has 0 bridgehead atoms. The van der Waals surface area contributed by atoms with Gasteiger partial charge in [-0.25, -0.2) is 18.4 Å². The lowest BCUT2D eigenvalue weighted by Gasteiger charge is -2.15. The first-order valence-corrected chi connectivity index (χ1v) is 9.95. The summed E-state index contributed by atoms with van der Waals surface area (Å²) in [6.45, 7) is 1.98. The molecule has 0 aliphatic carbocycles. The maximum atomic E-state index is 12.2. The van der Waals surface area contributed by atoms with Gasteiger partial charge in [-0.1, -0.05) is 54.6 Å². The van der Waals surface area contributed by atoms with Crippen LogP contribution in [0.15, 0.2) is 77.7 Å². The van der Waals surface area contributed by atoms with Gasteiger partial charge in [0.2, 0.25) is 10.0 Å². The van der Waals surface area contributed by atoms with Crippen LogP contribution in [0.2, 0.25) is 0 Å². The number of nitrogens with two attached hydrogens (primary N) is 1. The van der Waals surface area contributed by atoms with Crippen molar-refractivity contribution < 1.29 is 17.9 Å². The van der Waals surface area contributed by atoms with Gasteiger partial charge in [0.1, 0.15) is 0 Å². The number of carbonyl (C=O) groups excluding carboxylic acids is 1. The van der Waals surface area contributed by atoms with Gasteiger partial charge in [0, 0.05) is 5.56 Å². The van der Waals surface area contributed by atoms with Gasteiger partial charge in [0.15, 0.2) is 0 Å². The number of primary sulfonamides is 1. The maximum absolute atomic E-state index is 12.2. The topological polar surface area (TPSA) is 86.5 Å². The van der Waals surface area contributed by atoms with Gasteiger partial charge in [-0.2, -0.15) is 0 Å². The Morgan fingerprint density at radius 3 is 2.22 bits per heavy atom. The zero-order valence-corrected chi connectivity index (χ0v) is 15.6. The Morgan fingerprint density at radius 2 is 1.56 bits per heavy atom. The van der Waals surface area contributed by atoms with Crippen molar-refractivity contribution in [2.75, 3.05) is 6.61 Å². The second-order valence-corrected chi connectivity index (χ2v) is 7.42. The first-order valence-electron chi connectivity index (χ1n) is 8.40. The molecule has 0 amide bonds. The van der Waals surface area contributed by atoms with Crippen molar-refractivity contribution >= 4 is 16.0 Å². The molecule has 0 saturated carbocycles. The molecule has 0 radical (unpaired) electrons. The van der Waals surface area contributed by atoms with Crippen LogP contribution in [0.5, 0.6) is 0 Å². The predicted molar refractivity (Wildman–Crippen MR) is 105 cm³/mol. The van der Waals surface area contributed by atoms with Crippen LogP contribution < -0.4 is 5.14 Å². The molecule has 6 heteroatoms. The third-order valence-corrected chi connectivity index (χ3v) is 5.07. The summed E-state index contributed by atoms with van der Waals surface area (Å²) in [7, 11) is -3.94. The number of hydrogen-bond acceptors (Lipinski definition) is 4. The Hall–Kier alpha value is -2.96. The van der Waals surface area contributed by atoms with Crippen molar-refractivity contribution in [3.05, 3.63) is 78.4 Å². The van der Waals surface area contributed by atoms with Crippen LogP contribution in [0, 0.1) is 0 Å². The van der Waals surface area contributed by atoms with Crippen LogP contribution >= 0.6 is 0 Å². The first-order chi connectivity index (χ1) is 12.9. The first kappa shape index (κ1) is 18.8. The smallest absolute Gasteiger partial charge is 0.338 e. The quantitative estimate of drug-likeness (QED) is 0.680. The summed E-state index contributed by atoms with van der Waals surface area (Å²) in [6, 6.07) is 21.1. The fraction of sp³-hybridized carbons (Fsp3) is 0.0952. The molecule has 0 unspecified atom stereocenters. The Balaban J connectivity index is 2.29. The van der Waals surface area contributed by atoms with Crippen molar-refractivity contribution in [3.8, 4) is 22.3 Å². The number of esters is 1. The maximum Gasteiger partial charge on any atom is 0.338 e. The zero-order chi connectivity index (χ0) is 19.4. The highest BCUT2D eigenvalue weighted by Gasteiger charge is 2.19. The van der Waals surface area contributed by atoms with Gasteiger partial charge in [-0.05, 0) is 41.8 Å². The standard InChI is InChI=1S/C21H19NO4S/c1-2-26-21(23)16-12-13-17(15-8-4-3-5-9-15)19(14-16)18-10-6-7-11-20(18)27(22,24)25/h3-14H,2H2,1H3,(H2,22,24,25). The normalized spacial score (nSPS) is 11.2. The fourth-order valence-electron chi connectivity index (χ4n) is 2.92. The van der Waals surface area contributed by atoms with Crippen molar-refractivity contribution in [2.24, 2.45) is 5.14 Å². The molecule has 3 aromatic carbocycles. The Bertz CT molecular complexity index is 1080. The lowest BCUT2D eigenvalue weighted by molar-refractivity contribution is 0.0526. The summed E-state index contributed by atoms with van der Waals surface area (Å²) in [5, 5.41) is 5.41. The molecule has 5 nitrogen and oxygen atoms in total. The van der Waals surface area contributed by atoms with Gasteiger partial charge in [-0.3, -0.25) is 0 Å². The molecule has 0 aromatic heterocycles. The van der Waals surface area contributed by atoms with Crippen molar-refractivity contribution in [3.63, 3.8) is 0 Å². The van der Waals surface area contributed by atoms with Crippen LogP contribution in [-0.4, -0.2) is 21.0 Å². The third kappa shape index (κ3) is 4.07. The molecule has 0 spiro atoms. The van der Waals surface area contributed by atoms with E-state index in [1.165, 1.54) is 6.07 Å². The van der Waals surface area contributed by atoms with E-state index in [-0.39, 0.29) is 11.5 Å². The highest BCUT2D eigenvalue weighted by molar-refractivity contribution is 7.89. The summed E-state index contributed by atoms with van der Waals surface area (Å²) in [5.74, 6) is -0.466. The van der Waals surface area contributed by atoms with E-state index in [4.69, 9.17) is 9.88 Å². The molecule has 0 aliphatic rings. The van der Waals surface area contributed by atoms with Crippen LogP contribution in [0.4, 0.5) is 0 Å². The molecule has 0 heterocycles. The highest BCUT2D eigenvalue weighted by Crippen LogP contribution is 2.36. The molecule has 3 rings (SSSR count). The molecule has 27 heavy (non-hydrogen) atoms. The van der Waals surface area contributed by atoms with Gasteiger partial charge < -0.3 is 4.74 Å². The summed E-state index contributed by atoms with van der Waals surface area (Å²) in [5.41, 5.74) is 3.06. The van der Waals surface area contributed by atoms with E-state index in [1.807, 2.05) is 30.3 Å². The summed E-state index contributed by atoms with van der Waals surface area (Å²) in [6.07, 6.45) is 0. The second-order valence-electron chi connectivity index (χ2n) is 5.89. The molecule has 0 atom stereocenters. The van der Waals surface area contributed by atoms with Crippen LogP contribution in [0.25, 0.3) is 22.3 Å². The summed E-state index contributed by atoms with van der Waals surface area (Å²) >= 11 is 0. The number of benzene rings is 3. The lowest BCUT2D eigenvalue weighted by atomic mass is 9.93. The number of carbonyl (C=O) groups is 1. The average molecular weight is 381 g/mol. The largest absolute Gasteiger partial charge is 0.462 e. The third-order valence-electron chi connectivity index (χ3n) is 4.10. The minimum Gasteiger partial charge on any atom is -0.462 e. The monoisotopic (exact) mass is 381 g/mol. The van der Waals surface area contributed by atoms with Crippen molar-refractivity contribution in [2.45, 2.75) is 11.8 Å². The fourth-order valence-corrected chi connectivity index (χ4v) is 3.67. The van der Waals surface area contributed by atoms with Gasteiger partial charge in [0.25, 0.3) is 0 Å². The molecule has 0 fully saturated rings. The van der Waals surface area contributed by atoms with E-state index in [1.54, 1.807) is 43.3 Å². The molecule has 0 saturated heterocycles. The zero-order valence-electron chi connectivity index (χ0n) is 14.8. The molecule has 2 N–H and O–H groups in total. The van der Waals surface area contributed by atoms with Crippen molar-refractivity contribution in [1.82, 2.24) is 0 Å². The molecule has 138 valence electrons.